The highest BCUT2D eigenvalue weighted by Gasteiger charge is 2.18. The van der Waals surface area contributed by atoms with Gasteiger partial charge >= 0.3 is 12.0 Å². The largest absolute Gasteiger partial charge is 0.467 e. The minimum Gasteiger partial charge on any atom is -0.467 e. The van der Waals surface area contributed by atoms with E-state index in [9.17, 15) is 0 Å². The molecule has 0 saturated carbocycles. The molecule has 7 heteroatoms. The normalized spacial score (nSPS) is 11.2. The molecule has 19 heavy (non-hydrogen) atoms. The molecule has 0 saturated heterocycles. The van der Waals surface area contributed by atoms with Gasteiger partial charge in [-0.15, -0.1) is 16.6 Å². The Morgan fingerprint density at radius 2 is 1.68 bits per heavy atom. The molecule has 0 fully saturated rings. The van der Waals surface area contributed by atoms with E-state index in [4.69, 9.17) is 21.1 Å². The lowest BCUT2D eigenvalue weighted by atomic mass is 9.88. The SMILES string of the molecule is COc1nc(NCC(C)(C)CCCCl)nc(OC)n1. The maximum atomic E-state index is 5.72. The van der Waals surface area contributed by atoms with Crippen molar-refractivity contribution in [1.29, 1.82) is 0 Å². The average molecular weight is 289 g/mol. The van der Waals surface area contributed by atoms with Crippen molar-refractivity contribution in [3.8, 4) is 12.0 Å². The molecule has 1 N–H and O–H groups in total. The third kappa shape index (κ3) is 5.46. The van der Waals surface area contributed by atoms with Crippen molar-refractivity contribution in [3.63, 3.8) is 0 Å². The van der Waals surface area contributed by atoms with E-state index in [1.807, 2.05) is 0 Å². The Balaban J connectivity index is 2.66. The molecule has 0 aliphatic heterocycles. The summed E-state index contributed by atoms with van der Waals surface area (Å²) in [5.41, 5.74) is 0.113. The van der Waals surface area contributed by atoms with E-state index < -0.39 is 0 Å². The van der Waals surface area contributed by atoms with Gasteiger partial charge in [0.25, 0.3) is 0 Å². The monoisotopic (exact) mass is 288 g/mol. The Morgan fingerprint density at radius 3 is 2.16 bits per heavy atom. The van der Waals surface area contributed by atoms with Crippen molar-refractivity contribution in [2.75, 3.05) is 32.0 Å². The summed E-state index contributed by atoms with van der Waals surface area (Å²) in [4.78, 5) is 12.2. The van der Waals surface area contributed by atoms with E-state index in [1.165, 1.54) is 14.2 Å². The molecule has 0 aliphatic rings. The molecule has 6 nitrogen and oxygen atoms in total. The van der Waals surface area contributed by atoms with E-state index in [2.05, 4.69) is 34.1 Å². The van der Waals surface area contributed by atoms with E-state index in [-0.39, 0.29) is 17.4 Å². The minimum atomic E-state index is 0.113. The summed E-state index contributed by atoms with van der Waals surface area (Å²) in [5, 5.41) is 3.18. The van der Waals surface area contributed by atoms with Gasteiger partial charge in [0.1, 0.15) is 0 Å². The maximum Gasteiger partial charge on any atom is 0.324 e. The lowest BCUT2D eigenvalue weighted by Gasteiger charge is -2.24. The van der Waals surface area contributed by atoms with Gasteiger partial charge in [0.05, 0.1) is 14.2 Å². The fourth-order valence-electron chi connectivity index (χ4n) is 1.55. The van der Waals surface area contributed by atoms with Crippen LogP contribution in [0, 0.1) is 5.41 Å². The predicted molar refractivity (Wildman–Crippen MR) is 75.2 cm³/mol. The van der Waals surface area contributed by atoms with Crippen LogP contribution in [0.1, 0.15) is 26.7 Å². The summed E-state index contributed by atoms with van der Waals surface area (Å²) in [6, 6.07) is 0.459. The van der Waals surface area contributed by atoms with Gasteiger partial charge in [-0.05, 0) is 18.3 Å². The number of hydrogen-bond donors (Lipinski definition) is 1. The molecule has 1 aromatic rings. The van der Waals surface area contributed by atoms with Crippen molar-refractivity contribution < 1.29 is 9.47 Å². The second-order valence-corrected chi connectivity index (χ2v) is 5.32. The first-order valence-electron chi connectivity index (χ1n) is 6.14. The minimum absolute atomic E-state index is 0.113. The van der Waals surface area contributed by atoms with Crippen molar-refractivity contribution in [1.82, 2.24) is 15.0 Å². The highest BCUT2D eigenvalue weighted by Crippen LogP contribution is 2.23. The van der Waals surface area contributed by atoms with Crippen LogP contribution in [-0.2, 0) is 0 Å². The number of hydrogen-bond acceptors (Lipinski definition) is 6. The average Bonchev–Trinajstić information content (AvgIpc) is 2.42. The van der Waals surface area contributed by atoms with Crippen LogP contribution in [0.25, 0.3) is 0 Å². The van der Waals surface area contributed by atoms with Gasteiger partial charge < -0.3 is 14.8 Å². The lowest BCUT2D eigenvalue weighted by Crippen LogP contribution is -2.24. The Morgan fingerprint density at radius 1 is 1.11 bits per heavy atom. The molecule has 0 unspecified atom stereocenters. The summed E-state index contributed by atoms with van der Waals surface area (Å²) < 4.78 is 9.99. The number of ether oxygens (including phenoxy) is 2. The summed E-state index contributed by atoms with van der Waals surface area (Å²) >= 11 is 5.72. The first kappa shape index (κ1) is 15.8. The Bertz CT molecular complexity index is 379. The maximum absolute atomic E-state index is 5.72. The molecule has 0 atom stereocenters. The van der Waals surface area contributed by atoms with E-state index in [1.54, 1.807) is 0 Å². The van der Waals surface area contributed by atoms with Crippen molar-refractivity contribution in [2.45, 2.75) is 26.7 Å². The van der Waals surface area contributed by atoms with E-state index in [0.717, 1.165) is 19.4 Å². The fourth-order valence-corrected chi connectivity index (χ4v) is 1.69. The Kier molecular flexibility index (Phi) is 6.08. The van der Waals surface area contributed by atoms with Crippen LogP contribution in [0.3, 0.4) is 0 Å². The van der Waals surface area contributed by atoms with Gasteiger partial charge in [-0.25, -0.2) is 0 Å². The molecule has 1 rings (SSSR count). The Hall–Kier alpha value is -1.30. The standard InChI is InChI=1S/C12H21ClN4O2/c1-12(2,6-5-7-13)8-14-9-15-10(18-3)17-11(16-9)19-4/h5-8H2,1-4H3,(H,14,15,16,17). The number of anilines is 1. The van der Waals surface area contributed by atoms with E-state index >= 15 is 0 Å². The zero-order chi connectivity index (χ0) is 14.3. The van der Waals surface area contributed by atoms with Crippen LogP contribution in [0.2, 0.25) is 0 Å². The number of methoxy groups -OCH3 is 2. The summed E-state index contributed by atoms with van der Waals surface area (Å²) in [6.07, 6.45) is 2.02. The molecule has 108 valence electrons. The van der Waals surface area contributed by atoms with Gasteiger partial charge in [-0.3, -0.25) is 0 Å². The molecule has 1 aromatic heterocycles. The molecule has 1 heterocycles. The summed E-state index contributed by atoms with van der Waals surface area (Å²) in [7, 11) is 3.01. The smallest absolute Gasteiger partial charge is 0.324 e. The van der Waals surface area contributed by atoms with Crippen molar-refractivity contribution in [2.24, 2.45) is 5.41 Å². The van der Waals surface area contributed by atoms with Crippen LogP contribution in [-0.4, -0.2) is 41.6 Å². The molecule has 0 amide bonds. The number of nitrogens with one attached hydrogen (secondary N) is 1. The third-order valence-corrected chi connectivity index (χ3v) is 2.94. The molecule has 0 aliphatic carbocycles. The first-order chi connectivity index (χ1) is 9.00. The van der Waals surface area contributed by atoms with Crippen LogP contribution < -0.4 is 14.8 Å². The van der Waals surface area contributed by atoms with Gasteiger partial charge in [0.15, 0.2) is 0 Å². The zero-order valence-electron chi connectivity index (χ0n) is 11.9. The zero-order valence-corrected chi connectivity index (χ0v) is 12.6. The Labute approximate surface area is 118 Å². The number of nitrogens with zero attached hydrogens (tertiary/aromatic N) is 3. The fraction of sp³-hybridized carbons (Fsp3) is 0.750. The second-order valence-electron chi connectivity index (χ2n) is 4.94. The molecule has 0 spiro atoms. The molecule has 0 aromatic carbocycles. The van der Waals surface area contributed by atoms with Gasteiger partial charge in [-0.1, -0.05) is 13.8 Å². The van der Waals surface area contributed by atoms with Crippen LogP contribution >= 0.6 is 11.6 Å². The summed E-state index contributed by atoms with van der Waals surface area (Å²) in [5.74, 6) is 1.12. The lowest BCUT2D eigenvalue weighted by molar-refractivity contribution is 0.337. The molecular weight excluding hydrogens is 268 g/mol. The molecule has 0 radical (unpaired) electrons. The number of rotatable bonds is 8. The summed E-state index contributed by atoms with van der Waals surface area (Å²) in [6.45, 7) is 5.07. The van der Waals surface area contributed by atoms with E-state index in [0.29, 0.717) is 11.8 Å². The molecular formula is C12H21ClN4O2. The highest BCUT2D eigenvalue weighted by atomic mass is 35.5. The quantitative estimate of drug-likeness (QED) is 0.741. The molecule has 0 bridgehead atoms. The second kappa shape index (κ2) is 7.33. The van der Waals surface area contributed by atoms with Crippen molar-refractivity contribution >= 4 is 17.5 Å². The number of alkyl halides is 1. The number of halogens is 1. The van der Waals surface area contributed by atoms with Crippen LogP contribution in [0.5, 0.6) is 12.0 Å². The first-order valence-corrected chi connectivity index (χ1v) is 6.68. The van der Waals surface area contributed by atoms with Gasteiger partial charge in [-0.2, -0.15) is 9.97 Å². The third-order valence-electron chi connectivity index (χ3n) is 2.67. The predicted octanol–water partition coefficient (Wildman–Crippen LogP) is 2.35. The topological polar surface area (TPSA) is 69.2 Å². The highest BCUT2D eigenvalue weighted by molar-refractivity contribution is 6.17. The van der Waals surface area contributed by atoms with Crippen LogP contribution in [0.15, 0.2) is 0 Å². The number of aromatic nitrogens is 3. The van der Waals surface area contributed by atoms with Gasteiger partial charge in [0, 0.05) is 12.4 Å². The van der Waals surface area contributed by atoms with Gasteiger partial charge in [0.2, 0.25) is 5.95 Å². The van der Waals surface area contributed by atoms with Crippen molar-refractivity contribution in [3.05, 3.63) is 0 Å². The van der Waals surface area contributed by atoms with Crippen LogP contribution in [0.4, 0.5) is 5.95 Å².